The summed E-state index contributed by atoms with van der Waals surface area (Å²) in [4.78, 5) is 16.3. The summed E-state index contributed by atoms with van der Waals surface area (Å²) in [6.45, 7) is 0. The Morgan fingerprint density at radius 3 is 2.58 bits per heavy atom. The molecule has 0 bridgehead atoms. The van der Waals surface area contributed by atoms with Gasteiger partial charge in [0.25, 0.3) is 0 Å². The average Bonchev–Trinajstić information content (AvgIpc) is 3.03. The van der Waals surface area contributed by atoms with Gasteiger partial charge in [-0.25, -0.2) is 9.18 Å². The number of halogens is 5. The van der Waals surface area contributed by atoms with Crippen molar-refractivity contribution in [2.75, 3.05) is 0 Å². The van der Waals surface area contributed by atoms with Crippen LogP contribution in [0.25, 0.3) is 23.5 Å². The van der Waals surface area contributed by atoms with Gasteiger partial charge in [0.2, 0.25) is 0 Å². The molecule has 0 unspecified atom stereocenters. The Hall–Kier alpha value is -2.87. The van der Waals surface area contributed by atoms with Crippen molar-refractivity contribution in [3.05, 3.63) is 74.9 Å². The summed E-state index contributed by atoms with van der Waals surface area (Å²) in [5.74, 6) is 0.125. The lowest BCUT2D eigenvalue weighted by molar-refractivity contribution is -0.141. The third-order valence-electron chi connectivity index (χ3n) is 3.32. The summed E-state index contributed by atoms with van der Waals surface area (Å²) in [6, 6.07) is 7.91. The Kier molecular flexibility index (Phi) is 4.69. The third kappa shape index (κ3) is 4.02. The Morgan fingerprint density at radius 1 is 1.12 bits per heavy atom. The molecule has 1 N–H and O–H groups in total. The van der Waals surface area contributed by atoms with E-state index in [-0.39, 0.29) is 10.7 Å². The van der Waals surface area contributed by atoms with Gasteiger partial charge in [-0.1, -0.05) is 11.6 Å². The summed E-state index contributed by atoms with van der Waals surface area (Å²) in [7, 11) is 0. The maximum absolute atomic E-state index is 13.2. The average molecular weight is 385 g/mol. The summed E-state index contributed by atoms with van der Waals surface area (Å²) >= 11 is 5.71. The van der Waals surface area contributed by atoms with Gasteiger partial charge < -0.3 is 9.40 Å². The maximum Gasteiger partial charge on any atom is 0.431 e. The molecule has 4 nitrogen and oxygen atoms in total. The predicted molar refractivity (Wildman–Crippen MR) is 87.9 cm³/mol. The third-order valence-corrected chi connectivity index (χ3v) is 3.61. The van der Waals surface area contributed by atoms with E-state index in [1.54, 1.807) is 17.1 Å². The highest BCUT2D eigenvalue weighted by atomic mass is 35.5. The standard InChI is InChI=1S/C17H9ClF4N2O2/c18-12-7-9(1-5-13(12)19)14-6-4-11(26-14)3-2-10-8-15(17(20,21)22)24-16(25)23-10/h1-8H,(H,23,24,25)/b3-2+. The zero-order valence-electron chi connectivity index (χ0n) is 12.8. The molecule has 0 aliphatic rings. The Morgan fingerprint density at radius 2 is 1.88 bits per heavy atom. The second kappa shape index (κ2) is 6.80. The molecule has 26 heavy (non-hydrogen) atoms. The zero-order chi connectivity index (χ0) is 18.9. The first kappa shape index (κ1) is 17.9. The molecule has 0 spiro atoms. The van der Waals surface area contributed by atoms with Gasteiger partial charge in [-0.2, -0.15) is 18.2 Å². The molecule has 0 aliphatic carbocycles. The number of H-pyrrole nitrogens is 1. The van der Waals surface area contributed by atoms with E-state index in [0.29, 0.717) is 23.2 Å². The number of aromatic nitrogens is 2. The molecule has 0 amide bonds. The fourth-order valence-corrected chi connectivity index (χ4v) is 2.31. The largest absolute Gasteiger partial charge is 0.457 e. The number of nitrogens with one attached hydrogen (secondary N) is 1. The SMILES string of the molecule is O=c1nc(/C=C/c2ccc(-c3ccc(F)c(Cl)c3)o2)cc(C(F)(F)F)[nH]1. The molecule has 0 radical (unpaired) electrons. The van der Waals surface area contributed by atoms with E-state index < -0.39 is 23.4 Å². The van der Waals surface area contributed by atoms with Crippen LogP contribution in [0.15, 0.2) is 45.6 Å². The summed E-state index contributed by atoms with van der Waals surface area (Å²) in [5.41, 5.74) is -1.95. The summed E-state index contributed by atoms with van der Waals surface area (Å²) in [6.07, 6.45) is -2.12. The first-order valence-electron chi connectivity index (χ1n) is 7.14. The van der Waals surface area contributed by atoms with Gasteiger partial charge in [-0.05, 0) is 48.6 Å². The lowest BCUT2D eigenvalue weighted by Gasteiger charge is -2.05. The van der Waals surface area contributed by atoms with Crippen LogP contribution in [0, 0.1) is 5.82 Å². The molecule has 134 valence electrons. The fourth-order valence-electron chi connectivity index (χ4n) is 2.13. The number of benzene rings is 1. The summed E-state index contributed by atoms with van der Waals surface area (Å²) < 4.78 is 56.8. The Balaban J connectivity index is 1.86. The highest BCUT2D eigenvalue weighted by molar-refractivity contribution is 6.31. The van der Waals surface area contributed by atoms with Crippen molar-refractivity contribution in [2.24, 2.45) is 0 Å². The molecule has 0 fully saturated rings. The van der Waals surface area contributed by atoms with Crippen molar-refractivity contribution in [2.45, 2.75) is 6.18 Å². The number of rotatable bonds is 3. The molecule has 2 aromatic heterocycles. The number of furan rings is 1. The van der Waals surface area contributed by atoms with Crippen molar-refractivity contribution < 1.29 is 22.0 Å². The van der Waals surface area contributed by atoms with Gasteiger partial charge in [0, 0.05) is 5.56 Å². The molecule has 2 heterocycles. The van der Waals surface area contributed by atoms with Crippen LogP contribution in [0.4, 0.5) is 17.6 Å². The van der Waals surface area contributed by atoms with Gasteiger partial charge in [0.15, 0.2) is 0 Å². The van der Waals surface area contributed by atoms with Crippen molar-refractivity contribution in [1.82, 2.24) is 9.97 Å². The quantitative estimate of drug-likeness (QED) is 0.646. The molecule has 0 saturated carbocycles. The van der Waals surface area contributed by atoms with Crippen LogP contribution in [0.3, 0.4) is 0 Å². The number of nitrogens with zero attached hydrogens (tertiary/aromatic N) is 1. The minimum Gasteiger partial charge on any atom is -0.457 e. The van der Waals surface area contributed by atoms with E-state index in [9.17, 15) is 22.4 Å². The lowest BCUT2D eigenvalue weighted by Crippen LogP contribution is -2.19. The van der Waals surface area contributed by atoms with E-state index in [1.165, 1.54) is 30.4 Å². The topological polar surface area (TPSA) is 58.9 Å². The van der Waals surface area contributed by atoms with E-state index >= 15 is 0 Å². The first-order valence-corrected chi connectivity index (χ1v) is 7.52. The molecule has 9 heteroatoms. The number of aromatic amines is 1. The second-order valence-electron chi connectivity index (χ2n) is 5.19. The molecule has 0 saturated heterocycles. The van der Waals surface area contributed by atoms with E-state index in [4.69, 9.17) is 16.0 Å². The van der Waals surface area contributed by atoms with Crippen LogP contribution in [-0.4, -0.2) is 9.97 Å². The van der Waals surface area contributed by atoms with Crippen LogP contribution < -0.4 is 5.69 Å². The molecule has 3 aromatic rings. The monoisotopic (exact) mass is 384 g/mol. The van der Waals surface area contributed by atoms with E-state index in [2.05, 4.69) is 4.98 Å². The number of alkyl halides is 3. The van der Waals surface area contributed by atoms with Gasteiger partial charge in [0.1, 0.15) is 23.0 Å². The van der Waals surface area contributed by atoms with Crippen LogP contribution in [0.2, 0.25) is 5.02 Å². The summed E-state index contributed by atoms with van der Waals surface area (Å²) in [5, 5.41) is -0.0663. The van der Waals surface area contributed by atoms with E-state index in [1.807, 2.05) is 0 Å². The smallest absolute Gasteiger partial charge is 0.431 e. The normalized spacial score (nSPS) is 12.0. The van der Waals surface area contributed by atoms with Crippen LogP contribution >= 0.6 is 11.6 Å². The number of hydrogen-bond donors (Lipinski definition) is 1. The molecular formula is C17H9ClF4N2O2. The van der Waals surface area contributed by atoms with Gasteiger partial charge in [0.05, 0.1) is 10.7 Å². The molecule has 0 atom stereocenters. The van der Waals surface area contributed by atoms with Crippen molar-refractivity contribution in [3.8, 4) is 11.3 Å². The fraction of sp³-hybridized carbons (Fsp3) is 0.0588. The lowest BCUT2D eigenvalue weighted by atomic mass is 10.2. The van der Waals surface area contributed by atoms with Crippen LogP contribution in [-0.2, 0) is 6.18 Å². The highest BCUT2D eigenvalue weighted by Gasteiger charge is 2.32. The van der Waals surface area contributed by atoms with E-state index in [0.717, 1.165) is 0 Å². The highest BCUT2D eigenvalue weighted by Crippen LogP contribution is 2.28. The van der Waals surface area contributed by atoms with Crippen molar-refractivity contribution >= 4 is 23.8 Å². The van der Waals surface area contributed by atoms with Gasteiger partial charge in [-0.15, -0.1) is 0 Å². The first-order chi connectivity index (χ1) is 12.2. The van der Waals surface area contributed by atoms with Crippen molar-refractivity contribution in [3.63, 3.8) is 0 Å². The second-order valence-corrected chi connectivity index (χ2v) is 5.59. The maximum atomic E-state index is 13.2. The number of hydrogen-bond acceptors (Lipinski definition) is 3. The predicted octanol–water partition coefficient (Wildman–Crippen LogP) is 5.01. The van der Waals surface area contributed by atoms with Gasteiger partial charge in [-0.3, -0.25) is 0 Å². The van der Waals surface area contributed by atoms with Crippen molar-refractivity contribution in [1.29, 1.82) is 0 Å². The van der Waals surface area contributed by atoms with Crippen LogP contribution in [0.1, 0.15) is 17.1 Å². The molecule has 1 aromatic carbocycles. The Bertz CT molecular complexity index is 1040. The molecule has 3 rings (SSSR count). The van der Waals surface area contributed by atoms with Gasteiger partial charge >= 0.3 is 11.9 Å². The minimum atomic E-state index is -4.69. The minimum absolute atomic E-state index is 0.0663. The molecular weight excluding hydrogens is 376 g/mol. The molecule has 0 aliphatic heterocycles. The Labute approximate surface area is 148 Å². The zero-order valence-corrected chi connectivity index (χ0v) is 13.5. The van der Waals surface area contributed by atoms with Crippen LogP contribution in [0.5, 0.6) is 0 Å².